The van der Waals surface area contributed by atoms with Gasteiger partial charge >= 0.3 is 6.03 Å². The van der Waals surface area contributed by atoms with Gasteiger partial charge in [-0.2, -0.15) is 0 Å². The molecule has 0 heterocycles. The minimum atomic E-state index is -0.161. The van der Waals surface area contributed by atoms with Crippen LogP contribution >= 0.6 is 0 Å². The Bertz CT molecular complexity index is 653. The van der Waals surface area contributed by atoms with Crippen LogP contribution in [0.15, 0.2) is 35.9 Å². The van der Waals surface area contributed by atoms with Crippen LogP contribution in [0.3, 0.4) is 0 Å². The molecule has 0 aliphatic heterocycles. The number of hydrogen-bond donors (Lipinski definition) is 2. The first kappa shape index (κ1) is 20.8. The molecular formula is C21H31N3O3. The van der Waals surface area contributed by atoms with Crippen molar-refractivity contribution < 1.29 is 14.3 Å². The molecule has 0 radical (unpaired) electrons. The first-order valence-corrected chi connectivity index (χ1v) is 9.67. The standard InChI is InChI=1S/C21H31N3O3/c1-16(2)23-21(26)24(3)18-9-11-19(12-10-18)27-15-20(25)22-14-13-17-7-5-4-6-8-17/h7,9-12,16H,4-6,8,13-15H2,1-3H3,(H,22,25)(H,23,26). The number of amides is 3. The fourth-order valence-corrected chi connectivity index (χ4v) is 2.92. The summed E-state index contributed by atoms with van der Waals surface area (Å²) >= 11 is 0. The van der Waals surface area contributed by atoms with Crippen molar-refractivity contribution in [2.45, 2.75) is 52.0 Å². The second-order valence-corrected chi connectivity index (χ2v) is 7.15. The molecule has 1 aromatic rings. The Morgan fingerprint density at radius 3 is 2.56 bits per heavy atom. The topological polar surface area (TPSA) is 70.7 Å². The van der Waals surface area contributed by atoms with Gasteiger partial charge in [0.05, 0.1) is 0 Å². The molecule has 0 atom stereocenters. The number of carbonyl (C=O) groups is 2. The van der Waals surface area contributed by atoms with E-state index < -0.39 is 0 Å². The fourth-order valence-electron chi connectivity index (χ4n) is 2.92. The summed E-state index contributed by atoms with van der Waals surface area (Å²) in [7, 11) is 1.71. The van der Waals surface area contributed by atoms with E-state index in [9.17, 15) is 9.59 Å². The molecule has 1 aromatic carbocycles. The SMILES string of the molecule is CC(C)NC(=O)N(C)c1ccc(OCC(=O)NCCC2=CCCCC2)cc1. The number of anilines is 1. The van der Waals surface area contributed by atoms with Crippen LogP contribution in [-0.4, -0.2) is 38.2 Å². The molecule has 148 valence electrons. The molecule has 0 spiro atoms. The molecule has 2 rings (SSSR count). The molecule has 0 unspecified atom stereocenters. The van der Waals surface area contributed by atoms with Crippen molar-refractivity contribution in [3.05, 3.63) is 35.9 Å². The highest BCUT2D eigenvalue weighted by atomic mass is 16.5. The largest absolute Gasteiger partial charge is 0.484 e. The Morgan fingerprint density at radius 1 is 1.19 bits per heavy atom. The van der Waals surface area contributed by atoms with E-state index in [1.54, 1.807) is 31.3 Å². The number of ether oxygens (including phenoxy) is 1. The smallest absolute Gasteiger partial charge is 0.321 e. The predicted molar refractivity (Wildman–Crippen MR) is 108 cm³/mol. The molecule has 1 aliphatic rings. The Hall–Kier alpha value is -2.50. The van der Waals surface area contributed by atoms with Crippen molar-refractivity contribution >= 4 is 17.6 Å². The summed E-state index contributed by atoms with van der Waals surface area (Å²) in [4.78, 5) is 25.4. The molecule has 0 bridgehead atoms. The zero-order valence-electron chi connectivity index (χ0n) is 16.6. The molecular weight excluding hydrogens is 342 g/mol. The molecule has 27 heavy (non-hydrogen) atoms. The maximum atomic E-state index is 12.0. The molecule has 0 fully saturated rings. The van der Waals surface area contributed by atoms with Gasteiger partial charge in [-0.05, 0) is 70.2 Å². The number of carbonyl (C=O) groups excluding carboxylic acids is 2. The Morgan fingerprint density at radius 2 is 1.93 bits per heavy atom. The van der Waals surface area contributed by atoms with Crippen LogP contribution in [0.4, 0.5) is 10.5 Å². The third-order valence-electron chi connectivity index (χ3n) is 4.46. The van der Waals surface area contributed by atoms with E-state index >= 15 is 0 Å². The third kappa shape index (κ3) is 7.33. The molecule has 1 aliphatic carbocycles. The second-order valence-electron chi connectivity index (χ2n) is 7.15. The van der Waals surface area contributed by atoms with Crippen LogP contribution in [0, 0.1) is 0 Å². The molecule has 6 nitrogen and oxygen atoms in total. The summed E-state index contributed by atoms with van der Waals surface area (Å²) in [6, 6.07) is 7.02. The van der Waals surface area contributed by atoms with Crippen LogP contribution < -0.4 is 20.3 Å². The van der Waals surface area contributed by atoms with Gasteiger partial charge in [-0.15, -0.1) is 0 Å². The lowest BCUT2D eigenvalue weighted by molar-refractivity contribution is -0.123. The van der Waals surface area contributed by atoms with E-state index in [2.05, 4.69) is 16.7 Å². The van der Waals surface area contributed by atoms with Gasteiger partial charge < -0.3 is 15.4 Å². The summed E-state index contributed by atoms with van der Waals surface area (Å²) in [5, 5.41) is 5.73. The minimum absolute atomic E-state index is 0.0118. The first-order valence-electron chi connectivity index (χ1n) is 9.67. The number of urea groups is 1. The quantitative estimate of drug-likeness (QED) is 0.684. The highest BCUT2D eigenvalue weighted by molar-refractivity contribution is 5.91. The van der Waals surface area contributed by atoms with Crippen LogP contribution in [0.2, 0.25) is 0 Å². The van der Waals surface area contributed by atoms with Gasteiger partial charge in [0.15, 0.2) is 6.61 Å². The number of rotatable bonds is 8. The van der Waals surface area contributed by atoms with Crippen molar-refractivity contribution in [2.75, 3.05) is 25.1 Å². The first-order chi connectivity index (χ1) is 13.0. The summed E-state index contributed by atoms with van der Waals surface area (Å²) in [5.41, 5.74) is 2.20. The highest BCUT2D eigenvalue weighted by Gasteiger charge is 2.12. The Kier molecular flexibility index (Phi) is 8.17. The van der Waals surface area contributed by atoms with Gasteiger partial charge in [0.25, 0.3) is 5.91 Å². The predicted octanol–water partition coefficient (Wildman–Crippen LogP) is 3.63. The number of allylic oxidation sites excluding steroid dienone is 1. The molecule has 0 saturated carbocycles. The summed E-state index contributed by atoms with van der Waals surface area (Å²) in [6.07, 6.45) is 8.07. The van der Waals surface area contributed by atoms with Crippen molar-refractivity contribution in [3.63, 3.8) is 0 Å². The molecule has 3 amide bonds. The molecule has 6 heteroatoms. The van der Waals surface area contributed by atoms with Gasteiger partial charge in [-0.25, -0.2) is 4.79 Å². The summed E-state index contributed by atoms with van der Waals surface area (Å²) in [5.74, 6) is 0.477. The van der Waals surface area contributed by atoms with E-state index in [-0.39, 0.29) is 24.6 Å². The van der Waals surface area contributed by atoms with Gasteiger partial charge in [0.2, 0.25) is 0 Å². The van der Waals surface area contributed by atoms with Crippen LogP contribution in [-0.2, 0) is 4.79 Å². The van der Waals surface area contributed by atoms with Crippen molar-refractivity contribution in [1.29, 1.82) is 0 Å². The van der Waals surface area contributed by atoms with Crippen LogP contribution in [0.1, 0.15) is 46.0 Å². The normalized spacial score (nSPS) is 13.7. The second kappa shape index (κ2) is 10.6. The van der Waals surface area contributed by atoms with Gasteiger partial charge in [0.1, 0.15) is 5.75 Å². The zero-order chi connectivity index (χ0) is 19.6. The highest BCUT2D eigenvalue weighted by Crippen LogP contribution is 2.20. The van der Waals surface area contributed by atoms with E-state index in [0.29, 0.717) is 12.3 Å². The van der Waals surface area contributed by atoms with Crippen molar-refractivity contribution in [2.24, 2.45) is 0 Å². The number of nitrogens with zero attached hydrogens (tertiary/aromatic N) is 1. The Labute approximate surface area is 162 Å². The Balaban J connectivity index is 1.71. The van der Waals surface area contributed by atoms with Crippen LogP contribution in [0.5, 0.6) is 5.75 Å². The van der Waals surface area contributed by atoms with E-state index in [4.69, 9.17) is 4.74 Å². The molecule has 2 N–H and O–H groups in total. The summed E-state index contributed by atoms with van der Waals surface area (Å²) in [6.45, 7) is 4.48. The summed E-state index contributed by atoms with van der Waals surface area (Å²) < 4.78 is 5.52. The maximum absolute atomic E-state index is 12.0. The minimum Gasteiger partial charge on any atom is -0.484 e. The average molecular weight is 373 g/mol. The van der Waals surface area contributed by atoms with Crippen molar-refractivity contribution in [1.82, 2.24) is 10.6 Å². The number of nitrogens with one attached hydrogen (secondary N) is 2. The van der Waals surface area contributed by atoms with E-state index in [0.717, 1.165) is 24.9 Å². The van der Waals surface area contributed by atoms with Gasteiger partial charge in [0, 0.05) is 25.3 Å². The third-order valence-corrected chi connectivity index (χ3v) is 4.46. The molecule has 0 saturated heterocycles. The monoisotopic (exact) mass is 373 g/mol. The van der Waals surface area contributed by atoms with Crippen LogP contribution in [0.25, 0.3) is 0 Å². The number of hydrogen-bond acceptors (Lipinski definition) is 3. The van der Waals surface area contributed by atoms with E-state index in [1.165, 1.54) is 23.3 Å². The van der Waals surface area contributed by atoms with E-state index in [1.807, 2.05) is 13.8 Å². The lowest BCUT2D eigenvalue weighted by Crippen LogP contribution is -2.40. The molecule has 0 aromatic heterocycles. The lowest BCUT2D eigenvalue weighted by atomic mass is 9.97. The van der Waals surface area contributed by atoms with Gasteiger partial charge in [-0.3, -0.25) is 9.69 Å². The lowest BCUT2D eigenvalue weighted by Gasteiger charge is -2.20. The maximum Gasteiger partial charge on any atom is 0.321 e. The zero-order valence-corrected chi connectivity index (χ0v) is 16.6. The average Bonchev–Trinajstić information content (AvgIpc) is 2.66. The van der Waals surface area contributed by atoms with Crippen molar-refractivity contribution in [3.8, 4) is 5.75 Å². The fraction of sp³-hybridized carbons (Fsp3) is 0.524. The van der Waals surface area contributed by atoms with Gasteiger partial charge in [-0.1, -0.05) is 11.6 Å². The number of benzene rings is 1.